The molecule has 0 saturated carbocycles. The van der Waals surface area contributed by atoms with Crippen molar-refractivity contribution >= 4 is 27.7 Å². The van der Waals surface area contributed by atoms with E-state index in [1.807, 2.05) is 43.3 Å². The third kappa shape index (κ3) is 6.56. The van der Waals surface area contributed by atoms with E-state index in [2.05, 4.69) is 47.6 Å². The van der Waals surface area contributed by atoms with Crippen LogP contribution in [0, 0.1) is 6.92 Å². The predicted octanol–water partition coefficient (Wildman–Crippen LogP) is 3.66. The molecule has 0 atom stereocenters. The second-order valence-corrected chi connectivity index (χ2v) is 8.25. The molecule has 6 nitrogen and oxygen atoms in total. The topological polar surface area (TPSA) is 76.7 Å². The van der Waals surface area contributed by atoms with E-state index in [0.717, 1.165) is 15.6 Å². The van der Waals surface area contributed by atoms with Gasteiger partial charge in [0, 0.05) is 10.0 Å². The van der Waals surface area contributed by atoms with Crippen molar-refractivity contribution in [3.05, 3.63) is 58.1 Å². The van der Waals surface area contributed by atoms with Gasteiger partial charge in [-0.2, -0.15) is 0 Å². The highest BCUT2D eigenvalue weighted by Gasteiger charge is 2.20. The molecule has 0 saturated heterocycles. The molecule has 0 unspecified atom stereocenters. The molecule has 7 heteroatoms. The number of nitrogens with one attached hydrogen (secondary N) is 2. The number of carbonyl (C=O) groups is 2. The van der Waals surface area contributed by atoms with Crippen LogP contribution in [0.25, 0.3) is 0 Å². The second-order valence-electron chi connectivity index (χ2n) is 7.33. The van der Waals surface area contributed by atoms with Crippen molar-refractivity contribution in [2.45, 2.75) is 33.1 Å². The van der Waals surface area contributed by atoms with Gasteiger partial charge in [0.1, 0.15) is 11.5 Å². The number of hydrazine groups is 1. The summed E-state index contributed by atoms with van der Waals surface area (Å²) in [7, 11) is 0. The van der Waals surface area contributed by atoms with Crippen molar-refractivity contribution < 1.29 is 19.1 Å². The number of carbonyl (C=O) groups excluding carboxylic acids is 2. The standard InChI is InChI=1S/C21H25BrN2O4/c1-14-7-5-6-8-17(14)27-12-19(25)23-24-20(26)13-28-18-10-9-15(22)11-16(18)21(2,3)4/h5-11H,12-13H2,1-4H3,(H,23,25)(H,24,26). The summed E-state index contributed by atoms with van der Waals surface area (Å²) < 4.78 is 12.0. The zero-order valence-corrected chi connectivity index (χ0v) is 18.1. The maximum Gasteiger partial charge on any atom is 0.276 e. The van der Waals surface area contributed by atoms with Crippen molar-refractivity contribution in [3.8, 4) is 11.5 Å². The molecule has 2 aromatic rings. The van der Waals surface area contributed by atoms with Crippen molar-refractivity contribution in [3.63, 3.8) is 0 Å². The normalized spacial score (nSPS) is 10.9. The highest BCUT2D eigenvalue weighted by molar-refractivity contribution is 9.10. The lowest BCUT2D eigenvalue weighted by atomic mass is 9.86. The molecule has 0 aliphatic heterocycles. The number of aryl methyl sites for hydroxylation is 1. The lowest BCUT2D eigenvalue weighted by molar-refractivity contribution is -0.131. The van der Waals surface area contributed by atoms with Crippen LogP contribution in [-0.4, -0.2) is 25.0 Å². The zero-order valence-electron chi connectivity index (χ0n) is 16.5. The monoisotopic (exact) mass is 448 g/mol. The number of hydrogen-bond acceptors (Lipinski definition) is 4. The molecule has 28 heavy (non-hydrogen) atoms. The maximum absolute atomic E-state index is 12.0. The van der Waals surface area contributed by atoms with Crippen LogP contribution in [0.5, 0.6) is 11.5 Å². The van der Waals surface area contributed by atoms with E-state index in [1.165, 1.54) is 0 Å². The van der Waals surface area contributed by atoms with Gasteiger partial charge in [-0.05, 0) is 42.2 Å². The van der Waals surface area contributed by atoms with E-state index >= 15 is 0 Å². The summed E-state index contributed by atoms with van der Waals surface area (Å²) in [6.45, 7) is 7.67. The van der Waals surface area contributed by atoms with Gasteiger partial charge in [-0.15, -0.1) is 0 Å². The minimum absolute atomic E-state index is 0.142. The van der Waals surface area contributed by atoms with E-state index in [9.17, 15) is 9.59 Å². The lowest BCUT2D eigenvalue weighted by Crippen LogP contribution is -2.45. The third-order valence-electron chi connectivity index (χ3n) is 3.90. The lowest BCUT2D eigenvalue weighted by Gasteiger charge is -2.23. The van der Waals surface area contributed by atoms with Gasteiger partial charge in [-0.1, -0.05) is 54.9 Å². The smallest absolute Gasteiger partial charge is 0.276 e. The first-order valence-electron chi connectivity index (χ1n) is 8.86. The van der Waals surface area contributed by atoms with Gasteiger partial charge < -0.3 is 9.47 Å². The number of rotatable bonds is 6. The molecule has 0 spiro atoms. The fourth-order valence-electron chi connectivity index (χ4n) is 2.43. The van der Waals surface area contributed by atoms with Crippen molar-refractivity contribution in [2.75, 3.05) is 13.2 Å². The Morgan fingerprint density at radius 2 is 1.50 bits per heavy atom. The van der Waals surface area contributed by atoms with Crippen LogP contribution in [0.1, 0.15) is 31.9 Å². The van der Waals surface area contributed by atoms with Crippen LogP contribution >= 0.6 is 15.9 Å². The average Bonchev–Trinajstić information content (AvgIpc) is 2.64. The molecule has 0 fully saturated rings. The molecule has 2 N–H and O–H groups in total. The molecule has 2 rings (SSSR count). The Labute approximate surface area is 173 Å². The Hall–Kier alpha value is -2.54. The largest absolute Gasteiger partial charge is 0.483 e. The van der Waals surface area contributed by atoms with Crippen LogP contribution < -0.4 is 20.3 Å². The van der Waals surface area contributed by atoms with Crippen LogP contribution in [0.15, 0.2) is 46.9 Å². The fourth-order valence-corrected chi connectivity index (χ4v) is 2.79. The number of para-hydroxylation sites is 1. The van der Waals surface area contributed by atoms with Crippen LogP contribution in [0.4, 0.5) is 0 Å². The van der Waals surface area contributed by atoms with E-state index < -0.39 is 11.8 Å². The molecule has 0 heterocycles. The summed E-state index contributed by atoms with van der Waals surface area (Å²) in [6.07, 6.45) is 0. The number of amides is 2. The summed E-state index contributed by atoms with van der Waals surface area (Å²) in [5, 5.41) is 0. The van der Waals surface area contributed by atoms with Crippen LogP contribution in [-0.2, 0) is 15.0 Å². The Morgan fingerprint density at radius 3 is 2.07 bits per heavy atom. The van der Waals surface area contributed by atoms with Crippen molar-refractivity contribution in [2.24, 2.45) is 0 Å². The first-order chi connectivity index (χ1) is 13.2. The summed E-state index contributed by atoms with van der Waals surface area (Å²) in [5.74, 6) is 0.319. The number of halogens is 1. The first-order valence-corrected chi connectivity index (χ1v) is 9.65. The van der Waals surface area contributed by atoms with Crippen molar-refractivity contribution in [1.82, 2.24) is 10.9 Å². The summed E-state index contributed by atoms with van der Waals surface area (Å²) in [5.41, 5.74) is 6.39. The van der Waals surface area contributed by atoms with Gasteiger partial charge >= 0.3 is 0 Å². The van der Waals surface area contributed by atoms with Gasteiger partial charge in [0.2, 0.25) is 0 Å². The summed E-state index contributed by atoms with van der Waals surface area (Å²) in [6, 6.07) is 13.0. The minimum atomic E-state index is -0.466. The number of benzene rings is 2. The molecule has 0 aliphatic rings. The minimum Gasteiger partial charge on any atom is -0.483 e. The molecule has 0 bridgehead atoms. The van der Waals surface area contributed by atoms with Gasteiger partial charge in [0.05, 0.1) is 0 Å². The summed E-state index contributed by atoms with van der Waals surface area (Å²) >= 11 is 3.45. The molecule has 0 aliphatic carbocycles. The molecule has 2 aromatic carbocycles. The van der Waals surface area contributed by atoms with Gasteiger partial charge in [0.25, 0.3) is 11.8 Å². The van der Waals surface area contributed by atoms with E-state index in [-0.39, 0.29) is 18.6 Å². The molecule has 0 radical (unpaired) electrons. The Bertz CT molecular complexity index is 847. The first kappa shape index (κ1) is 21.8. The molecule has 0 aromatic heterocycles. The van der Waals surface area contributed by atoms with Gasteiger partial charge in [-0.25, -0.2) is 0 Å². The van der Waals surface area contributed by atoms with E-state index in [1.54, 1.807) is 6.07 Å². The zero-order chi connectivity index (χ0) is 20.7. The highest BCUT2D eigenvalue weighted by atomic mass is 79.9. The van der Waals surface area contributed by atoms with Crippen molar-refractivity contribution in [1.29, 1.82) is 0 Å². The van der Waals surface area contributed by atoms with Gasteiger partial charge in [0.15, 0.2) is 13.2 Å². The quantitative estimate of drug-likeness (QED) is 0.661. The Balaban J connectivity index is 1.80. The fraction of sp³-hybridized carbons (Fsp3) is 0.333. The van der Waals surface area contributed by atoms with E-state index in [4.69, 9.17) is 9.47 Å². The maximum atomic E-state index is 12.0. The van der Waals surface area contributed by atoms with Gasteiger partial charge in [-0.3, -0.25) is 20.4 Å². The molecule has 2 amide bonds. The highest BCUT2D eigenvalue weighted by Crippen LogP contribution is 2.33. The second kappa shape index (κ2) is 9.59. The summed E-state index contributed by atoms with van der Waals surface area (Å²) in [4.78, 5) is 23.8. The average molecular weight is 449 g/mol. The van der Waals surface area contributed by atoms with Crippen LogP contribution in [0.2, 0.25) is 0 Å². The third-order valence-corrected chi connectivity index (χ3v) is 4.40. The number of hydrogen-bond donors (Lipinski definition) is 2. The molecular formula is C21H25BrN2O4. The SMILES string of the molecule is Cc1ccccc1OCC(=O)NNC(=O)COc1ccc(Br)cc1C(C)(C)C. The Morgan fingerprint density at radius 1 is 0.929 bits per heavy atom. The Kier molecular flexibility index (Phi) is 7.45. The van der Waals surface area contributed by atoms with E-state index in [0.29, 0.717) is 11.5 Å². The predicted molar refractivity (Wildman–Crippen MR) is 111 cm³/mol. The molecular weight excluding hydrogens is 424 g/mol. The number of ether oxygens (including phenoxy) is 2. The molecule has 150 valence electrons. The van der Waals surface area contributed by atoms with Crippen LogP contribution in [0.3, 0.4) is 0 Å².